The van der Waals surface area contributed by atoms with Crippen molar-refractivity contribution in [3.63, 3.8) is 0 Å². The summed E-state index contributed by atoms with van der Waals surface area (Å²) in [6.45, 7) is 10.4. The van der Waals surface area contributed by atoms with Crippen LogP contribution in [0.15, 0.2) is 24.3 Å². The molecule has 5 rings (SSSR count). The van der Waals surface area contributed by atoms with Gasteiger partial charge >= 0.3 is 6.09 Å². The van der Waals surface area contributed by atoms with Crippen molar-refractivity contribution in [2.24, 2.45) is 0 Å². The minimum atomic E-state index is -0.556. The Hall–Kier alpha value is -3.14. The van der Waals surface area contributed by atoms with Gasteiger partial charge in [-0.25, -0.2) is 4.79 Å². The molecule has 194 valence electrons. The number of aromatic nitrogens is 2. The van der Waals surface area contributed by atoms with E-state index >= 15 is 4.39 Å². The second-order valence-electron chi connectivity index (χ2n) is 10.4. The van der Waals surface area contributed by atoms with Gasteiger partial charge in [-0.1, -0.05) is 18.2 Å². The summed E-state index contributed by atoms with van der Waals surface area (Å²) in [6.07, 6.45) is 1.64. The van der Waals surface area contributed by atoms with E-state index < -0.39 is 11.4 Å². The Balaban J connectivity index is 1.45. The van der Waals surface area contributed by atoms with Crippen LogP contribution in [0.3, 0.4) is 0 Å². The molecule has 4 heterocycles. The number of hydrogen-bond acceptors (Lipinski definition) is 8. The lowest BCUT2D eigenvalue weighted by molar-refractivity contribution is 0.0240. The lowest BCUT2D eigenvalue weighted by Crippen LogP contribution is -2.50. The maximum atomic E-state index is 16.0. The predicted octanol–water partition coefficient (Wildman–Crippen LogP) is 3.59. The van der Waals surface area contributed by atoms with E-state index in [0.717, 1.165) is 25.1 Å². The van der Waals surface area contributed by atoms with Gasteiger partial charge in [-0.15, -0.1) is 0 Å². The van der Waals surface area contributed by atoms with Crippen molar-refractivity contribution in [1.29, 1.82) is 0 Å². The van der Waals surface area contributed by atoms with Crippen LogP contribution in [0.1, 0.15) is 32.8 Å². The topological polar surface area (TPSA) is 74.3 Å². The van der Waals surface area contributed by atoms with Gasteiger partial charge < -0.3 is 29.1 Å². The Bertz CT molecular complexity index is 1090. The zero-order valence-corrected chi connectivity index (χ0v) is 21.4. The van der Waals surface area contributed by atoms with E-state index in [-0.39, 0.29) is 11.9 Å². The molecule has 1 aromatic carbocycles. The molecule has 1 amide bonds. The molecule has 0 aliphatic carbocycles. The minimum Gasteiger partial charge on any atom is -0.444 e. The van der Waals surface area contributed by atoms with E-state index in [4.69, 9.17) is 19.4 Å². The third-order valence-electron chi connectivity index (χ3n) is 6.70. The highest BCUT2D eigenvalue weighted by molar-refractivity contribution is 5.69. The molecule has 2 aromatic rings. The monoisotopic (exact) mass is 498 g/mol. The Morgan fingerprint density at radius 3 is 2.25 bits per heavy atom. The molecule has 9 nitrogen and oxygen atoms in total. The number of para-hydroxylation sites is 1. The Labute approximate surface area is 211 Å². The number of fused-ring (bicyclic) bond motifs is 1. The lowest BCUT2D eigenvalue weighted by Gasteiger charge is -2.37. The molecule has 36 heavy (non-hydrogen) atoms. The van der Waals surface area contributed by atoms with Crippen molar-refractivity contribution in [3.8, 4) is 0 Å². The van der Waals surface area contributed by atoms with Crippen molar-refractivity contribution in [2.75, 3.05) is 73.7 Å². The molecule has 0 saturated carbocycles. The fourth-order valence-electron chi connectivity index (χ4n) is 4.90. The standard InChI is InChI=1S/C26H35FN6O3/c1-26(2,3)36-25(34)32-13-11-30(12-14-32)22-21(27)23(31-15-17-35-18-16-31)29-24(28-22)33-10-6-8-19-7-4-5-9-20(19)33/h4-5,7,9H,6,8,10-18H2,1-3H3. The molecule has 0 radical (unpaired) electrons. The molecule has 3 aliphatic heterocycles. The highest BCUT2D eigenvalue weighted by Crippen LogP contribution is 2.35. The lowest BCUT2D eigenvalue weighted by atomic mass is 10.0. The van der Waals surface area contributed by atoms with Crippen molar-refractivity contribution in [1.82, 2.24) is 14.9 Å². The number of ether oxygens (including phenoxy) is 2. The summed E-state index contributed by atoms with van der Waals surface area (Å²) < 4.78 is 27.0. The Morgan fingerprint density at radius 2 is 1.58 bits per heavy atom. The van der Waals surface area contributed by atoms with E-state index in [0.29, 0.717) is 64.2 Å². The number of aryl methyl sites for hydroxylation is 1. The third kappa shape index (κ3) is 5.18. The number of benzene rings is 1. The number of hydrogen-bond donors (Lipinski definition) is 0. The molecule has 1 aromatic heterocycles. The smallest absolute Gasteiger partial charge is 0.410 e. The summed E-state index contributed by atoms with van der Waals surface area (Å²) in [5, 5.41) is 0. The number of piperazine rings is 1. The first-order valence-corrected chi connectivity index (χ1v) is 12.8. The van der Waals surface area contributed by atoms with Gasteiger partial charge in [-0.3, -0.25) is 0 Å². The summed E-state index contributed by atoms with van der Waals surface area (Å²) in [4.78, 5) is 29.7. The molecule has 10 heteroatoms. The third-order valence-corrected chi connectivity index (χ3v) is 6.70. The number of amides is 1. The van der Waals surface area contributed by atoms with Gasteiger partial charge in [0.05, 0.1) is 13.2 Å². The second-order valence-corrected chi connectivity index (χ2v) is 10.4. The van der Waals surface area contributed by atoms with Crippen LogP contribution in [0.4, 0.5) is 32.5 Å². The molecule has 2 fully saturated rings. The van der Waals surface area contributed by atoms with Crippen molar-refractivity contribution in [3.05, 3.63) is 35.6 Å². The fraction of sp³-hybridized carbons (Fsp3) is 0.577. The number of rotatable bonds is 3. The van der Waals surface area contributed by atoms with Crippen molar-refractivity contribution >= 4 is 29.4 Å². The number of nitrogens with zero attached hydrogens (tertiary/aromatic N) is 6. The molecule has 2 saturated heterocycles. The van der Waals surface area contributed by atoms with Crippen molar-refractivity contribution in [2.45, 2.75) is 39.2 Å². The zero-order chi connectivity index (χ0) is 25.3. The van der Waals surface area contributed by atoms with E-state index in [1.807, 2.05) is 42.7 Å². The van der Waals surface area contributed by atoms with Crippen molar-refractivity contribution < 1.29 is 18.7 Å². The summed E-state index contributed by atoms with van der Waals surface area (Å²) in [6, 6.07) is 8.27. The van der Waals surface area contributed by atoms with Crippen LogP contribution in [-0.2, 0) is 15.9 Å². The van der Waals surface area contributed by atoms with E-state index in [1.54, 1.807) is 4.90 Å². The van der Waals surface area contributed by atoms with Gasteiger partial charge in [0, 0.05) is 51.5 Å². The summed E-state index contributed by atoms with van der Waals surface area (Å²) in [5.74, 6) is 0.690. The number of morpholine rings is 1. The van der Waals surface area contributed by atoms with Crippen LogP contribution in [0, 0.1) is 5.82 Å². The van der Waals surface area contributed by atoms with Gasteiger partial charge in [0.25, 0.3) is 0 Å². The first-order valence-electron chi connectivity index (χ1n) is 12.8. The van der Waals surface area contributed by atoms with Crippen LogP contribution < -0.4 is 14.7 Å². The molecule has 0 bridgehead atoms. The van der Waals surface area contributed by atoms with E-state index in [9.17, 15) is 4.79 Å². The largest absolute Gasteiger partial charge is 0.444 e. The zero-order valence-electron chi connectivity index (χ0n) is 21.4. The van der Waals surface area contributed by atoms with Gasteiger partial charge in [0.2, 0.25) is 11.8 Å². The highest BCUT2D eigenvalue weighted by atomic mass is 19.1. The molecule has 0 N–H and O–H groups in total. The molecule has 0 unspecified atom stereocenters. The van der Waals surface area contributed by atoms with Gasteiger partial charge in [0.1, 0.15) is 5.60 Å². The van der Waals surface area contributed by atoms with Crippen LogP contribution in [-0.4, -0.2) is 85.6 Å². The number of halogens is 1. The average molecular weight is 499 g/mol. The number of carbonyl (C=O) groups is 1. The number of carbonyl (C=O) groups excluding carboxylic acids is 1. The van der Waals surface area contributed by atoms with Crippen LogP contribution in [0.2, 0.25) is 0 Å². The van der Waals surface area contributed by atoms with E-state index in [2.05, 4.69) is 17.0 Å². The normalized spacial score (nSPS) is 18.8. The minimum absolute atomic E-state index is 0.286. The van der Waals surface area contributed by atoms with Gasteiger partial charge in [-0.05, 0) is 45.2 Å². The molecule has 0 atom stereocenters. The Morgan fingerprint density at radius 1 is 0.944 bits per heavy atom. The second kappa shape index (κ2) is 10.1. The maximum Gasteiger partial charge on any atom is 0.410 e. The highest BCUT2D eigenvalue weighted by Gasteiger charge is 2.31. The quantitative estimate of drug-likeness (QED) is 0.636. The SMILES string of the molecule is CC(C)(C)OC(=O)N1CCN(c2nc(N3CCCc4ccccc43)nc(N3CCOCC3)c2F)CC1. The predicted molar refractivity (Wildman–Crippen MR) is 137 cm³/mol. The van der Waals surface area contributed by atoms with Gasteiger partial charge in [0.15, 0.2) is 11.6 Å². The van der Waals surface area contributed by atoms with Crippen LogP contribution >= 0.6 is 0 Å². The maximum absolute atomic E-state index is 16.0. The summed E-state index contributed by atoms with van der Waals surface area (Å²) in [5.41, 5.74) is 1.76. The molecular weight excluding hydrogens is 463 g/mol. The van der Waals surface area contributed by atoms with Crippen LogP contribution in [0.5, 0.6) is 0 Å². The molecule has 0 spiro atoms. The van der Waals surface area contributed by atoms with E-state index in [1.165, 1.54) is 5.56 Å². The number of anilines is 4. The summed E-state index contributed by atoms with van der Waals surface area (Å²) in [7, 11) is 0. The molecular formula is C26H35FN6O3. The van der Waals surface area contributed by atoms with Gasteiger partial charge in [-0.2, -0.15) is 14.4 Å². The summed E-state index contributed by atoms with van der Waals surface area (Å²) >= 11 is 0. The first kappa shape index (κ1) is 24.5. The van der Waals surface area contributed by atoms with Crippen LogP contribution in [0.25, 0.3) is 0 Å². The Kier molecular flexibility index (Phi) is 6.87. The first-order chi connectivity index (χ1) is 17.3. The fourth-order valence-corrected chi connectivity index (χ4v) is 4.90. The molecule has 3 aliphatic rings. The average Bonchev–Trinajstić information content (AvgIpc) is 2.88.